The molecule has 2 saturated carbocycles. The van der Waals surface area contributed by atoms with Crippen molar-refractivity contribution in [1.29, 1.82) is 0 Å². The first-order valence-corrected chi connectivity index (χ1v) is 28.4. The van der Waals surface area contributed by atoms with Crippen LogP contribution in [0.2, 0.25) is 0 Å². The third-order valence-corrected chi connectivity index (χ3v) is 16.2. The zero-order valence-corrected chi connectivity index (χ0v) is 47.8. The molecule has 0 N–H and O–H groups in total. The highest BCUT2D eigenvalue weighted by atomic mass is 19.1. The van der Waals surface area contributed by atoms with Crippen LogP contribution in [0.3, 0.4) is 0 Å². The summed E-state index contributed by atoms with van der Waals surface area (Å²) >= 11 is 0. The second-order valence-electron chi connectivity index (χ2n) is 23.9. The van der Waals surface area contributed by atoms with Crippen molar-refractivity contribution in [2.45, 2.75) is 177 Å². The number of cyclic esters (lactones) is 4. The average molecular weight is 1120 g/mol. The molecule has 20 heteroatoms. The zero-order chi connectivity index (χ0) is 58.1. The van der Waals surface area contributed by atoms with Gasteiger partial charge in [-0.15, -0.1) is 0 Å². The normalized spacial score (nSPS) is 26.2. The van der Waals surface area contributed by atoms with Gasteiger partial charge in [0.15, 0.2) is 25.4 Å². The monoisotopic (exact) mass is 1120 g/mol. The smallest absolute Gasteiger partial charge is 0.329 e. The van der Waals surface area contributed by atoms with Gasteiger partial charge in [-0.05, 0) is 112 Å². The van der Waals surface area contributed by atoms with Gasteiger partial charge in [-0.25, -0.2) is 28.0 Å². The predicted octanol–water partition coefficient (Wildman–Crippen LogP) is 6.37. The summed E-state index contributed by atoms with van der Waals surface area (Å²) in [6.07, 6.45) is 1.68. The molecule has 0 aromatic heterocycles. The zero-order valence-electron chi connectivity index (χ0n) is 47.8. The second-order valence-corrected chi connectivity index (χ2v) is 23.9. The Morgan fingerprint density at radius 1 is 0.450 bits per heavy atom. The van der Waals surface area contributed by atoms with E-state index in [4.69, 9.17) is 28.4 Å². The number of likely N-dealkylation sites (N-methyl/N-ethyl adjacent to an activating group) is 4. The first-order chi connectivity index (χ1) is 37.8. The van der Waals surface area contributed by atoms with Crippen molar-refractivity contribution >= 4 is 47.5 Å². The number of rotatable bonds is 14. The van der Waals surface area contributed by atoms with Gasteiger partial charge in [-0.1, -0.05) is 74.2 Å². The molecule has 4 amide bonds. The molecule has 3 heterocycles. The lowest BCUT2D eigenvalue weighted by atomic mass is 9.90. The highest BCUT2D eigenvalue weighted by Gasteiger charge is 2.44. The number of alkyl halides is 2. The van der Waals surface area contributed by atoms with Crippen LogP contribution in [0.1, 0.15) is 139 Å². The molecule has 3 saturated heterocycles. The van der Waals surface area contributed by atoms with Crippen LogP contribution >= 0.6 is 0 Å². The molecular weight excluding hydrogens is 1040 g/mol. The maximum atomic E-state index is 15.8. The van der Waals surface area contributed by atoms with Gasteiger partial charge in [0, 0.05) is 80.3 Å². The van der Waals surface area contributed by atoms with Crippen molar-refractivity contribution in [2.75, 3.05) is 67.8 Å². The van der Waals surface area contributed by atoms with Crippen LogP contribution in [0.5, 0.6) is 0 Å². The van der Waals surface area contributed by atoms with Crippen molar-refractivity contribution in [1.82, 2.24) is 19.6 Å². The first-order valence-electron chi connectivity index (χ1n) is 28.4. The quantitative estimate of drug-likeness (QED) is 0.149. The van der Waals surface area contributed by atoms with Gasteiger partial charge in [-0.2, -0.15) is 0 Å². The predicted molar refractivity (Wildman–Crippen MR) is 288 cm³/mol. The summed E-state index contributed by atoms with van der Waals surface area (Å²) < 4.78 is 66.0. The van der Waals surface area contributed by atoms with Crippen LogP contribution in [0, 0.1) is 11.8 Å². The van der Waals surface area contributed by atoms with Gasteiger partial charge in [0.25, 0.3) is 23.6 Å². The minimum Gasteiger partial charge on any atom is -0.454 e. The summed E-state index contributed by atoms with van der Waals surface area (Å²) in [5.41, 5.74) is -0.864. The Labute approximate surface area is 468 Å². The minimum absolute atomic E-state index is 0.00577. The summed E-state index contributed by atoms with van der Waals surface area (Å²) in [6, 6.07) is 9.03. The van der Waals surface area contributed by atoms with E-state index in [1.165, 1.54) is 55.9 Å². The largest absolute Gasteiger partial charge is 0.454 e. The van der Waals surface area contributed by atoms with Crippen molar-refractivity contribution < 1.29 is 75.6 Å². The number of amides is 4. The Morgan fingerprint density at radius 3 is 1.07 bits per heavy atom. The number of carbonyl (C=O) groups excluding carboxylic acids is 8. The molecule has 6 atom stereocenters. The number of benzene rings is 2. The molecule has 2 aliphatic carbocycles. The molecule has 2 aromatic carbocycles. The maximum Gasteiger partial charge on any atom is 0.329 e. The third kappa shape index (κ3) is 17.5. The standard InChI is InChI=1S/C60H82F2N4O14/c1-59(2,61)33-47-57(73)79-49(31-39-13-17-41(18-14-39)43-21-25-75-26-22-43)53(69)65(7)46(30-38-11-12-38)56(72)78-36-52(68)64(6)48(34-60(3,4)62)58(74)80-50(32-40-15-19-42(20-16-40)44-23-27-76-28-24-44)54(70)66(8)45(29-37-9-10-37)55(71)77-35-51(67)63(47)5/h13-20,37-38,43-50H,9-12,21-36H2,1-8H3/t45-,46-,47-,48-,49+,50+/m0/s1. The Balaban J connectivity index is 1.23. The summed E-state index contributed by atoms with van der Waals surface area (Å²) in [5, 5.41) is 0. The molecular formula is C60H82F2N4O14. The van der Waals surface area contributed by atoms with Crippen LogP contribution in [0.25, 0.3) is 0 Å². The summed E-state index contributed by atoms with van der Waals surface area (Å²) in [5.74, 6) is -7.23. The molecule has 0 unspecified atom stereocenters. The van der Waals surface area contributed by atoms with E-state index in [0.717, 1.165) is 82.1 Å². The lowest BCUT2D eigenvalue weighted by molar-refractivity contribution is -0.173. The lowest BCUT2D eigenvalue weighted by Crippen LogP contribution is -2.54. The van der Waals surface area contributed by atoms with E-state index in [1.54, 1.807) is 0 Å². The van der Waals surface area contributed by atoms with Crippen molar-refractivity contribution in [3.8, 4) is 0 Å². The summed E-state index contributed by atoms with van der Waals surface area (Å²) in [6.45, 7) is 5.45. The van der Waals surface area contributed by atoms with E-state index < -0.39 is 121 Å². The van der Waals surface area contributed by atoms with Gasteiger partial charge >= 0.3 is 23.9 Å². The average Bonchev–Trinajstić information content (AvgIpc) is 4.42. The molecule has 440 valence electrons. The van der Waals surface area contributed by atoms with E-state index in [1.807, 2.05) is 48.5 Å². The fourth-order valence-electron chi connectivity index (χ4n) is 10.7. The molecule has 2 aromatic rings. The van der Waals surface area contributed by atoms with Gasteiger partial charge in [-0.3, -0.25) is 19.2 Å². The highest BCUT2D eigenvalue weighted by Crippen LogP contribution is 2.37. The van der Waals surface area contributed by atoms with Crippen LogP contribution in [0.4, 0.5) is 8.78 Å². The molecule has 3 aliphatic heterocycles. The Bertz CT molecular complexity index is 2320. The fourth-order valence-corrected chi connectivity index (χ4v) is 10.7. The van der Waals surface area contributed by atoms with E-state index in [-0.39, 0.29) is 49.4 Å². The number of ether oxygens (including phenoxy) is 6. The van der Waals surface area contributed by atoms with E-state index in [0.29, 0.717) is 37.6 Å². The Morgan fingerprint density at radius 2 is 0.775 bits per heavy atom. The molecule has 80 heavy (non-hydrogen) atoms. The molecule has 5 aliphatic rings. The topological polar surface area (TPSA) is 205 Å². The van der Waals surface area contributed by atoms with E-state index >= 15 is 8.78 Å². The number of halogens is 2. The minimum atomic E-state index is -2.08. The molecule has 7 rings (SSSR count). The highest BCUT2D eigenvalue weighted by molar-refractivity contribution is 5.93. The molecule has 5 fully saturated rings. The van der Waals surface area contributed by atoms with Crippen LogP contribution < -0.4 is 0 Å². The molecule has 18 nitrogen and oxygen atoms in total. The van der Waals surface area contributed by atoms with Crippen LogP contribution in [-0.2, 0) is 79.6 Å². The van der Waals surface area contributed by atoms with Crippen molar-refractivity contribution in [2.24, 2.45) is 11.8 Å². The van der Waals surface area contributed by atoms with Gasteiger partial charge < -0.3 is 48.0 Å². The van der Waals surface area contributed by atoms with Crippen molar-refractivity contribution in [3.63, 3.8) is 0 Å². The Hall–Kier alpha value is -6.02. The molecule has 0 bridgehead atoms. The second kappa shape index (κ2) is 27.2. The summed E-state index contributed by atoms with van der Waals surface area (Å²) in [7, 11) is 5.13. The van der Waals surface area contributed by atoms with Crippen LogP contribution in [0.15, 0.2) is 48.5 Å². The fraction of sp³-hybridized carbons (Fsp3) is 0.667. The summed E-state index contributed by atoms with van der Waals surface area (Å²) in [4.78, 5) is 120. The van der Waals surface area contributed by atoms with E-state index in [9.17, 15) is 38.4 Å². The maximum absolute atomic E-state index is 15.8. The van der Waals surface area contributed by atoms with E-state index in [2.05, 4.69) is 0 Å². The number of hydrogen-bond donors (Lipinski definition) is 0. The number of hydrogen-bond acceptors (Lipinski definition) is 14. The number of esters is 4. The first kappa shape index (κ1) is 61.6. The van der Waals surface area contributed by atoms with Crippen molar-refractivity contribution in [3.05, 3.63) is 70.8 Å². The van der Waals surface area contributed by atoms with Gasteiger partial charge in [0.1, 0.15) is 35.5 Å². The number of carbonyl (C=O) groups is 8. The molecule has 0 spiro atoms. The lowest BCUT2D eigenvalue weighted by Gasteiger charge is -2.34. The van der Waals surface area contributed by atoms with Gasteiger partial charge in [0.05, 0.1) is 0 Å². The third-order valence-electron chi connectivity index (χ3n) is 16.2. The van der Waals surface area contributed by atoms with Crippen LogP contribution in [-0.4, -0.2) is 183 Å². The molecule has 0 radical (unpaired) electrons. The van der Waals surface area contributed by atoms with Gasteiger partial charge in [0.2, 0.25) is 0 Å². The number of nitrogens with zero attached hydrogens (tertiary/aromatic N) is 4. The Kier molecular flexibility index (Phi) is 20.9. The SMILES string of the molecule is CN1C(=O)COC(=O)[C@H](CC2CC2)N(C)C(=O)[C@@H](Cc2ccc(C3CCOCC3)cc2)OC(=O)[C@H](CC(C)(C)F)N(C)C(=O)COC(=O)[C@H](CC2CC2)N(C)C(=O)[C@@H](Cc2ccc(C3CCOCC3)cc2)OC(=O)[C@@H]1CC(C)(C)F.